The van der Waals surface area contributed by atoms with Crippen LogP contribution in [0.2, 0.25) is 0 Å². The van der Waals surface area contributed by atoms with Gasteiger partial charge in [-0.3, -0.25) is 9.59 Å². The molecule has 0 saturated carbocycles. The van der Waals surface area contributed by atoms with Gasteiger partial charge in [-0.25, -0.2) is 0 Å². The van der Waals surface area contributed by atoms with Crippen molar-refractivity contribution < 1.29 is 23.8 Å². The molecule has 0 N–H and O–H groups in total. The predicted octanol–water partition coefficient (Wildman–Crippen LogP) is 2.17. The van der Waals surface area contributed by atoms with Gasteiger partial charge in [-0.15, -0.1) is 0 Å². The molecular weight excluding hydrogens is 298 g/mol. The summed E-state index contributed by atoms with van der Waals surface area (Å²) in [7, 11) is 4.39. The average molecular weight is 321 g/mol. The zero-order valence-corrected chi connectivity index (χ0v) is 14.0. The van der Waals surface area contributed by atoms with Gasteiger partial charge in [-0.1, -0.05) is 18.2 Å². The van der Waals surface area contributed by atoms with E-state index in [-0.39, 0.29) is 12.3 Å². The number of amides is 1. The fourth-order valence-electron chi connectivity index (χ4n) is 1.99. The molecule has 0 bridgehead atoms. The lowest BCUT2D eigenvalue weighted by Crippen LogP contribution is -2.32. The third-order valence-corrected chi connectivity index (χ3v) is 3.26. The first-order valence-corrected chi connectivity index (χ1v) is 7.22. The molecule has 0 fully saturated rings. The fourth-order valence-corrected chi connectivity index (χ4v) is 1.99. The maximum atomic E-state index is 12.2. The van der Waals surface area contributed by atoms with E-state index in [1.807, 2.05) is 31.2 Å². The van der Waals surface area contributed by atoms with E-state index in [1.165, 1.54) is 7.11 Å². The van der Waals surface area contributed by atoms with E-state index >= 15 is 0 Å². The molecule has 1 rings (SSSR count). The lowest BCUT2D eigenvalue weighted by Gasteiger charge is -2.21. The van der Waals surface area contributed by atoms with Gasteiger partial charge < -0.3 is 19.1 Å². The van der Waals surface area contributed by atoms with E-state index in [1.54, 1.807) is 25.2 Å². The van der Waals surface area contributed by atoms with Crippen molar-refractivity contribution in [1.29, 1.82) is 0 Å². The molecule has 0 spiro atoms. The van der Waals surface area contributed by atoms with Gasteiger partial charge in [0.15, 0.2) is 11.5 Å². The van der Waals surface area contributed by atoms with Crippen LogP contribution in [0.5, 0.6) is 11.5 Å². The molecular formula is C17H23NO5. The number of hydrogen-bond acceptors (Lipinski definition) is 5. The van der Waals surface area contributed by atoms with Crippen LogP contribution in [-0.2, 0) is 20.9 Å². The molecule has 0 atom stereocenters. The topological polar surface area (TPSA) is 65.1 Å². The number of nitrogens with zero attached hydrogens (tertiary/aromatic N) is 1. The van der Waals surface area contributed by atoms with Crippen LogP contribution < -0.4 is 9.47 Å². The minimum Gasteiger partial charge on any atom is -0.493 e. The Labute approximate surface area is 136 Å². The second kappa shape index (κ2) is 9.50. The lowest BCUT2D eigenvalue weighted by molar-refractivity contribution is -0.146. The highest BCUT2D eigenvalue weighted by Crippen LogP contribution is 2.28. The molecule has 0 radical (unpaired) electrons. The fraction of sp³-hybridized carbons (Fsp3) is 0.412. The maximum absolute atomic E-state index is 12.2. The van der Waals surface area contributed by atoms with Crippen molar-refractivity contribution in [2.45, 2.75) is 19.9 Å². The Morgan fingerprint density at radius 2 is 1.83 bits per heavy atom. The Hall–Kier alpha value is -2.50. The molecule has 1 amide bonds. The zero-order chi connectivity index (χ0) is 17.2. The van der Waals surface area contributed by atoms with Crippen LogP contribution in [0.4, 0.5) is 0 Å². The maximum Gasteiger partial charge on any atom is 0.315 e. The molecule has 6 nitrogen and oxygen atoms in total. The van der Waals surface area contributed by atoms with E-state index in [0.29, 0.717) is 24.6 Å². The van der Waals surface area contributed by atoms with Gasteiger partial charge in [0.05, 0.1) is 21.3 Å². The van der Waals surface area contributed by atoms with E-state index in [2.05, 4.69) is 4.74 Å². The van der Waals surface area contributed by atoms with Crippen molar-refractivity contribution in [3.05, 3.63) is 35.9 Å². The molecule has 0 unspecified atom stereocenters. The molecule has 0 heterocycles. The van der Waals surface area contributed by atoms with E-state index < -0.39 is 5.97 Å². The van der Waals surface area contributed by atoms with E-state index in [9.17, 15) is 9.59 Å². The molecule has 0 aliphatic carbocycles. The lowest BCUT2D eigenvalue weighted by atomic mass is 10.1. The number of allylic oxidation sites excluding steroid dienone is 1. The van der Waals surface area contributed by atoms with Crippen molar-refractivity contribution >= 4 is 11.9 Å². The van der Waals surface area contributed by atoms with E-state index in [0.717, 1.165) is 5.56 Å². The van der Waals surface area contributed by atoms with Gasteiger partial charge in [0.2, 0.25) is 5.91 Å². The summed E-state index contributed by atoms with van der Waals surface area (Å²) in [6, 6.07) is 5.45. The molecule has 23 heavy (non-hydrogen) atoms. The highest BCUT2D eigenvalue weighted by atomic mass is 16.5. The monoisotopic (exact) mass is 321 g/mol. The van der Waals surface area contributed by atoms with Crippen molar-refractivity contribution in [3.63, 3.8) is 0 Å². The number of methoxy groups -OCH3 is 3. The number of ether oxygens (including phenoxy) is 3. The van der Waals surface area contributed by atoms with Crippen molar-refractivity contribution in [3.8, 4) is 11.5 Å². The third kappa shape index (κ3) is 5.65. The van der Waals surface area contributed by atoms with Gasteiger partial charge in [0, 0.05) is 13.1 Å². The minimum atomic E-state index is -0.548. The van der Waals surface area contributed by atoms with Gasteiger partial charge in [-0.05, 0) is 24.6 Å². The quantitative estimate of drug-likeness (QED) is 0.417. The van der Waals surface area contributed by atoms with Crippen LogP contribution in [-0.4, -0.2) is 44.7 Å². The molecule has 1 aromatic rings. The standard InChI is InChI=1S/C17H23NO5/c1-5-6-9-18(16(19)11-17(20)23-4)12-13-7-8-14(21-2)15(10-13)22-3/h5-8,10H,9,11-12H2,1-4H3/b6-5+. The third-order valence-electron chi connectivity index (χ3n) is 3.26. The second-order valence-electron chi connectivity index (χ2n) is 4.79. The van der Waals surface area contributed by atoms with Gasteiger partial charge in [0.25, 0.3) is 0 Å². The van der Waals surface area contributed by atoms with Gasteiger partial charge in [0.1, 0.15) is 6.42 Å². The zero-order valence-electron chi connectivity index (χ0n) is 14.0. The van der Waals surface area contributed by atoms with Crippen molar-refractivity contribution in [1.82, 2.24) is 4.90 Å². The first-order valence-electron chi connectivity index (χ1n) is 7.22. The molecule has 6 heteroatoms. The minimum absolute atomic E-state index is 0.276. The van der Waals surface area contributed by atoms with Gasteiger partial charge in [-0.2, -0.15) is 0 Å². The Bertz CT molecular complexity index is 568. The van der Waals surface area contributed by atoms with Crippen LogP contribution in [0.15, 0.2) is 30.4 Å². The summed E-state index contributed by atoms with van der Waals surface area (Å²) in [5, 5.41) is 0. The Morgan fingerprint density at radius 3 is 2.39 bits per heavy atom. The van der Waals surface area contributed by atoms with Crippen LogP contribution in [0.1, 0.15) is 18.9 Å². The Morgan fingerprint density at radius 1 is 1.13 bits per heavy atom. The normalized spacial score (nSPS) is 10.4. The summed E-state index contributed by atoms with van der Waals surface area (Å²) in [4.78, 5) is 25.1. The predicted molar refractivity (Wildman–Crippen MR) is 86.4 cm³/mol. The Balaban J connectivity index is 2.92. The summed E-state index contributed by atoms with van der Waals surface area (Å²) in [5.74, 6) is 0.381. The number of esters is 1. The second-order valence-corrected chi connectivity index (χ2v) is 4.79. The average Bonchev–Trinajstić information content (AvgIpc) is 2.57. The number of carbonyl (C=O) groups excluding carboxylic acids is 2. The summed E-state index contributed by atoms with van der Waals surface area (Å²) >= 11 is 0. The smallest absolute Gasteiger partial charge is 0.315 e. The molecule has 1 aromatic carbocycles. The number of hydrogen-bond donors (Lipinski definition) is 0. The molecule has 0 saturated heterocycles. The summed E-state index contributed by atoms with van der Waals surface area (Å²) in [6.45, 7) is 2.65. The van der Waals surface area contributed by atoms with Crippen LogP contribution in [0.3, 0.4) is 0 Å². The Kier molecular flexibility index (Phi) is 7.66. The van der Waals surface area contributed by atoms with Crippen LogP contribution in [0, 0.1) is 0 Å². The molecule has 0 aliphatic rings. The summed E-state index contributed by atoms with van der Waals surface area (Å²) in [5.41, 5.74) is 0.880. The molecule has 126 valence electrons. The van der Waals surface area contributed by atoms with Crippen LogP contribution in [0.25, 0.3) is 0 Å². The first-order chi connectivity index (χ1) is 11.0. The van der Waals surface area contributed by atoms with Crippen molar-refractivity contribution in [2.75, 3.05) is 27.9 Å². The highest BCUT2D eigenvalue weighted by molar-refractivity contribution is 5.94. The van der Waals surface area contributed by atoms with Gasteiger partial charge >= 0.3 is 5.97 Å². The highest BCUT2D eigenvalue weighted by Gasteiger charge is 2.18. The van der Waals surface area contributed by atoms with Crippen LogP contribution >= 0.6 is 0 Å². The largest absolute Gasteiger partial charge is 0.493 e. The summed E-state index contributed by atoms with van der Waals surface area (Å²) < 4.78 is 15.0. The summed E-state index contributed by atoms with van der Waals surface area (Å²) in [6.07, 6.45) is 3.43. The number of rotatable bonds is 8. The SMILES string of the molecule is C/C=C/CN(Cc1ccc(OC)c(OC)c1)C(=O)CC(=O)OC. The number of benzene rings is 1. The molecule has 0 aliphatic heterocycles. The van der Waals surface area contributed by atoms with E-state index in [4.69, 9.17) is 9.47 Å². The molecule has 0 aromatic heterocycles. The number of carbonyl (C=O) groups is 2. The first kappa shape index (κ1) is 18.5. The van der Waals surface area contributed by atoms with Crippen molar-refractivity contribution in [2.24, 2.45) is 0 Å².